The second kappa shape index (κ2) is 7.25. The highest BCUT2D eigenvalue weighted by atomic mass is 19.3. The van der Waals surface area contributed by atoms with Crippen molar-refractivity contribution >= 4 is 11.6 Å². The Bertz CT molecular complexity index is 547. The molecular formula is C17H22F2N2O2. The lowest BCUT2D eigenvalue weighted by Gasteiger charge is -2.31. The molecule has 4 nitrogen and oxygen atoms in total. The number of piperidine rings is 1. The number of carbonyl (C=O) groups excluding carboxylic acids is 1. The Kier molecular flexibility index (Phi) is 5.10. The fraction of sp³-hybridized carbons (Fsp3) is 0.588. The number of likely N-dealkylation sites (tertiary alicyclic amines) is 1. The molecule has 0 saturated carbocycles. The number of carbonyl (C=O) groups is 1. The number of benzene rings is 1. The summed E-state index contributed by atoms with van der Waals surface area (Å²) in [7, 11) is 0. The summed E-state index contributed by atoms with van der Waals surface area (Å²) in [6.07, 6.45) is 3.39. The van der Waals surface area contributed by atoms with Crippen LogP contribution in [0.1, 0.15) is 36.0 Å². The molecule has 1 atom stereocenters. The summed E-state index contributed by atoms with van der Waals surface area (Å²) >= 11 is 0. The Morgan fingerprint density at radius 3 is 2.61 bits per heavy atom. The lowest BCUT2D eigenvalue weighted by atomic mass is 10.1. The SMILES string of the molecule is O=C(c1ccccc1N1CCCCC1)N1CC[C@H](OC(F)F)C1. The summed E-state index contributed by atoms with van der Waals surface area (Å²) in [6, 6.07) is 7.59. The smallest absolute Gasteiger partial charge is 0.345 e. The molecule has 126 valence electrons. The van der Waals surface area contributed by atoms with Crippen LogP contribution in [0.25, 0.3) is 0 Å². The maximum absolute atomic E-state index is 12.8. The number of rotatable bonds is 4. The van der Waals surface area contributed by atoms with E-state index in [2.05, 4.69) is 9.64 Å². The van der Waals surface area contributed by atoms with Crippen LogP contribution in [0, 0.1) is 0 Å². The summed E-state index contributed by atoms with van der Waals surface area (Å²) in [5.74, 6) is -0.0912. The van der Waals surface area contributed by atoms with Crippen LogP contribution in [0.3, 0.4) is 0 Å². The summed E-state index contributed by atoms with van der Waals surface area (Å²) in [5.41, 5.74) is 1.61. The highest BCUT2D eigenvalue weighted by Crippen LogP contribution is 2.27. The van der Waals surface area contributed by atoms with Gasteiger partial charge in [0.2, 0.25) is 0 Å². The van der Waals surface area contributed by atoms with E-state index in [-0.39, 0.29) is 12.5 Å². The van der Waals surface area contributed by atoms with Gasteiger partial charge in [0.05, 0.1) is 11.7 Å². The van der Waals surface area contributed by atoms with Gasteiger partial charge in [-0.05, 0) is 37.8 Å². The van der Waals surface area contributed by atoms with Gasteiger partial charge in [-0.1, -0.05) is 12.1 Å². The van der Waals surface area contributed by atoms with Crippen molar-refractivity contribution in [2.45, 2.75) is 38.4 Å². The average molecular weight is 324 g/mol. The molecule has 0 bridgehead atoms. The predicted octanol–water partition coefficient (Wildman–Crippen LogP) is 3.13. The molecule has 0 aromatic heterocycles. The zero-order valence-electron chi connectivity index (χ0n) is 13.1. The summed E-state index contributed by atoms with van der Waals surface area (Å²) in [6.45, 7) is -0.166. The molecule has 3 rings (SSSR count). The number of ether oxygens (including phenoxy) is 1. The van der Waals surface area contributed by atoms with Crippen LogP contribution in [0.4, 0.5) is 14.5 Å². The number of amides is 1. The first-order valence-electron chi connectivity index (χ1n) is 8.22. The summed E-state index contributed by atoms with van der Waals surface area (Å²) in [4.78, 5) is 16.7. The van der Waals surface area contributed by atoms with Crippen LogP contribution in [-0.4, -0.2) is 49.7 Å². The second-order valence-corrected chi connectivity index (χ2v) is 6.12. The number of hydrogen-bond donors (Lipinski definition) is 0. The highest BCUT2D eigenvalue weighted by molar-refractivity contribution is 6.00. The molecule has 2 aliphatic rings. The van der Waals surface area contributed by atoms with Gasteiger partial charge >= 0.3 is 6.61 Å². The van der Waals surface area contributed by atoms with Gasteiger partial charge in [0.15, 0.2) is 0 Å². The molecule has 1 aromatic rings. The van der Waals surface area contributed by atoms with Crippen molar-refractivity contribution in [3.8, 4) is 0 Å². The van der Waals surface area contributed by atoms with Gasteiger partial charge in [-0.15, -0.1) is 0 Å². The quantitative estimate of drug-likeness (QED) is 0.853. The number of halogens is 2. The van der Waals surface area contributed by atoms with Gasteiger partial charge in [0.25, 0.3) is 5.91 Å². The molecule has 0 N–H and O–H groups in total. The molecular weight excluding hydrogens is 302 g/mol. The number of para-hydroxylation sites is 1. The van der Waals surface area contributed by atoms with Gasteiger partial charge < -0.3 is 14.5 Å². The van der Waals surface area contributed by atoms with E-state index in [0.717, 1.165) is 31.6 Å². The van der Waals surface area contributed by atoms with Crippen LogP contribution >= 0.6 is 0 Å². The Morgan fingerprint density at radius 1 is 1.13 bits per heavy atom. The third kappa shape index (κ3) is 3.80. The van der Waals surface area contributed by atoms with Crippen LogP contribution in [0.15, 0.2) is 24.3 Å². The fourth-order valence-corrected chi connectivity index (χ4v) is 3.40. The molecule has 0 spiro atoms. The van der Waals surface area contributed by atoms with Crippen molar-refractivity contribution in [3.63, 3.8) is 0 Å². The number of anilines is 1. The third-order valence-corrected chi connectivity index (χ3v) is 4.56. The van der Waals surface area contributed by atoms with Crippen molar-refractivity contribution in [1.82, 2.24) is 4.90 Å². The molecule has 0 unspecified atom stereocenters. The first-order chi connectivity index (χ1) is 11.1. The van der Waals surface area contributed by atoms with E-state index in [0.29, 0.717) is 18.5 Å². The van der Waals surface area contributed by atoms with E-state index in [1.165, 1.54) is 6.42 Å². The van der Waals surface area contributed by atoms with Gasteiger partial charge in [-0.3, -0.25) is 4.79 Å². The van der Waals surface area contributed by atoms with Gasteiger partial charge in [-0.25, -0.2) is 0 Å². The maximum atomic E-state index is 12.8. The highest BCUT2D eigenvalue weighted by Gasteiger charge is 2.31. The maximum Gasteiger partial charge on any atom is 0.345 e. The van der Waals surface area contributed by atoms with Crippen LogP contribution in [0.2, 0.25) is 0 Å². The number of nitrogens with zero attached hydrogens (tertiary/aromatic N) is 2. The van der Waals surface area contributed by atoms with E-state index in [4.69, 9.17) is 0 Å². The largest absolute Gasteiger partial charge is 0.371 e. The topological polar surface area (TPSA) is 32.8 Å². The zero-order chi connectivity index (χ0) is 16.2. The third-order valence-electron chi connectivity index (χ3n) is 4.56. The molecule has 6 heteroatoms. The van der Waals surface area contributed by atoms with Crippen molar-refractivity contribution in [1.29, 1.82) is 0 Å². The Morgan fingerprint density at radius 2 is 1.87 bits per heavy atom. The summed E-state index contributed by atoms with van der Waals surface area (Å²) in [5, 5.41) is 0. The lowest BCUT2D eigenvalue weighted by molar-refractivity contribution is -0.158. The van der Waals surface area contributed by atoms with E-state index < -0.39 is 12.7 Å². The van der Waals surface area contributed by atoms with E-state index in [1.54, 1.807) is 4.90 Å². The van der Waals surface area contributed by atoms with E-state index >= 15 is 0 Å². The molecule has 0 aliphatic carbocycles. The molecule has 2 saturated heterocycles. The van der Waals surface area contributed by atoms with Gasteiger partial charge in [0, 0.05) is 31.9 Å². The second-order valence-electron chi connectivity index (χ2n) is 6.12. The molecule has 2 fully saturated rings. The minimum Gasteiger partial charge on any atom is -0.371 e. The first-order valence-corrected chi connectivity index (χ1v) is 8.22. The van der Waals surface area contributed by atoms with Crippen LogP contribution < -0.4 is 4.90 Å². The average Bonchev–Trinajstić information content (AvgIpc) is 3.03. The van der Waals surface area contributed by atoms with Crippen LogP contribution in [0.5, 0.6) is 0 Å². The monoisotopic (exact) mass is 324 g/mol. The molecule has 23 heavy (non-hydrogen) atoms. The standard InChI is InChI=1S/C17H22F2N2O2/c18-17(19)23-13-8-11-21(12-13)16(22)14-6-2-3-7-15(14)20-9-4-1-5-10-20/h2-3,6-7,13,17H,1,4-5,8-12H2/t13-/m0/s1. The fourth-order valence-electron chi connectivity index (χ4n) is 3.40. The minimum atomic E-state index is -2.78. The van der Waals surface area contributed by atoms with Crippen molar-refractivity contribution in [2.24, 2.45) is 0 Å². The Labute approximate surface area is 135 Å². The molecule has 2 heterocycles. The van der Waals surface area contributed by atoms with Crippen molar-refractivity contribution < 1.29 is 18.3 Å². The van der Waals surface area contributed by atoms with Crippen LogP contribution in [-0.2, 0) is 4.74 Å². The molecule has 1 amide bonds. The first kappa shape index (κ1) is 16.2. The number of hydrogen-bond acceptors (Lipinski definition) is 3. The Balaban J connectivity index is 1.72. The van der Waals surface area contributed by atoms with Gasteiger partial charge in [0.1, 0.15) is 0 Å². The minimum absolute atomic E-state index is 0.0912. The van der Waals surface area contributed by atoms with Crippen molar-refractivity contribution in [3.05, 3.63) is 29.8 Å². The number of alkyl halides is 2. The Hall–Kier alpha value is -1.69. The normalized spacial score (nSPS) is 22.0. The van der Waals surface area contributed by atoms with Crippen molar-refractivity contribution in [2.75, 3.05) is 31.1 Å². The predicted molar refractivity (Wildman–Crippen MR) is 83.9 cm³/mol. The molecule has 2 aliphatic heterocycles. The van der Waals surface area contributed by atoms with E-state index in [9.17, 15) is 13.6 Å². The molecule has 1 aromatic carbocycles. The van der Waals surface area contributed by atoms with E-state index in [1.807, 2.05) is 24.3 Å². The summed E-state index contributed by atoms with van der Waals surface area (Å²) < 4.78 is 29.2. The zero-order valence-corrected chi connectivity index (χ0v) is 13.1. The lowest BCUT2D eigenvalue weighted by Crippen LogP contribution is -2.34. The van der Waals surface area contributed by atoms with Gasteiger partial charge in [-0.2, -0.15) is 8.78 Å². The molecule has 0 radical (unpaired) electrons.